The van der Waals surface area contributed by atoms with Gasteiger partial charge in [0, 0.05) is 29.1 Å². The number of cyclic esters (lactones) is 1. The molecule has 206 valence electrons. The lowest BCUT2D eigenvalue weighted by molar-refractivity contribution is -0.149. The molecule has 0 spiro atoms. The summed E-state index contributed by atoms with van der Waals surface area (Å²) in [5, 5.41) is 13.1. The third kappa shape index (κ3) is 4.52. The molecule has 0 fully saturated rings. The minimum atomic E-state index is -1.47. The molecule has 2 aliphatic heterocycles. The van der Waals surface area contributed by atoms with Gasteiger partial charge in [-0.1, -0.05) is 48.9 Å². The number of aromatic nitrogens is 2. The van der Waals surface area contributed by atoms with Gasteiger partial charge >= 0.3 is 5.97 Å². The number of esters is 1. The maximum absolute atomic E-state index is 13.8. The van der Waals surface area contributed by atoms with Gasteiger partial charge in [-0.2, -0.15) is 0 Å². The van der Waals surface area contributed by atoms with Crippen LogP contribution in [0.15, 0.2) is 53.3 Å². The van der Waals surface area contributed by atoms with Crippen molar-refractivity contribution in [2.45, 2.75) is 58.4 Å². The zero-order valence-corrected chi connectivity index (χ0v) is 23.7. The molecule has 1 unspecified atom stereocenters. The number of ether oxygens (including phenoxy) is 1. The first kappa shape index (κ1) is 26.7. The molecule has 2 aliphatic rings. The van der Waals surface area contributed by atoms with Crippen molar-refractivity contribution in [3.63, 3.8) is 0 Å². The van der Waals surface area contributed by atoms with E-state index in [1.165, 1.54) is 5.56 Å². The van der Waals surface area contributed by atoms with Crippen molar-refractivity contribution in [3.05, 3.63) is 97.3 Å². The van der Waals surface area contributed by atoms with Gasteiger partial charge in [0.2, 0.25) is 0 Å². The second-order valence-corrected chi connectivity index (χ2v) is 11.5. The quantitative estimate of drug-likeness (QED) is 0.292. The summed E-state index contributed by atoms with van der Waals surface area (Å²) in [4.78, 5) is 33.4. The molecule has 0 bridgehead atoms. The molecule has 1 atom stereocenters. The predicted octanol–water partition coefficient (Wildman–Crippen LogP) is 5.11. The van der Waals surface area contributed by atoms with Crippen LogP contribution in [0.4, 0.5) is 0 Å². The SMILES string of the molecule is CCC1(O)CC(=O)OCc2c1cc1n(c2=O)Cc2c-1nc1cc(Cl)c(C)cc1c2CCN(C)Cc1ccccc1. The summed E-state index contributed by atoms with van der Waals surface area (Å²) in [6.45, 7) is 5.67. The Balaban J connectivity index is 1.47. The Kier molecular flexibility index (Phi) is 6.77. The van der Waals surface area contributed by atoms with Gasteiger partial charge in [-0.15, -0.1) is 0 Å². The van der Waals surface area contributed by atoms with E-state index in [1.54, 1.807) is 11.5 Å². The molecule has 2 aromatic carbocycles. The van der Waals surface area contributed by atoms with E-state index in [4.69, 9.17) is 21.3 Å². The predicted molar refractivity (Wildman–Crippen MR) is 155 cm³/mol. The molecule has 6 rings (SSSR count). The van der Waals surface area contributed by atoms with Crippen LogP contribution in [0.5, 0.6) is 0 Å². The maximum Gasteiger partial charge on any atom is 0.309 e. The maximum atomic E-state index is 13.8. The molecular weight excluding hydrogens is 526 g/mol. The highest BCUT2D eigenvalue weighted by atomic mass is 35.5. The highest BCUT2D eigenvalue weighted by Crippen LogP contribution is 2.41. The average molecular weight is 558 g/mol. The lowest BCUT2D eigenvalue weighted by atomic mass is 9.85. The van der Waals surface area contributed by atoms with Crippen LogP contribution in [0.1, 0.15) is 53.1 Å². The molecule has 4 heterocycles. The Morgan fingerprint density at radius 1 is 1.15 bits per heavy atom. The first-order valence-corrected chi connectivity index (χ1v) is 14.1. The normalized spacial score (nSPS) is 17.9. The summed E-state index contributed by atoms with van der Waals surface area (Å²) in [7, 11) is 2.11. The minimum Gasteiger partial charge on any atom is -0.460 e. The second-order valence-electron chi connectivity index (χ2n) is 11.0. The summed E-state index contributed by atoms with van der Waals surface area (Å²) in [5.41, 5.74) is 5.60. The first-order valence-electron chi connectivity index (χ1n) is 13.7. The van der Waals surface area contributed by atoms with Crippen LogP contribution < -0.4 is 5.56 Å². The van der Waals surface area contributed by atoms with E-state index in [9.17, 15) is 14.7 Å². The third-order valence-electron chi connectivity index (χ3n) is 8.38. The van der Waals surface area contributed by atoms with E-state index in [0.29, 0.717) is 28.4 Å². The Morgan fingerprint density at radius 2 is 1.93 bits per heavy atom. The number of halogens is 1. The van der Waals surface area contributed by atoms with Gasteiger partial charge in [0.15, 0.2) is 0 Å². The van der Waals surface area contributed by atoms with Crippen LogP contribution in [0.3, 0.4) is 0 Å². The third-order valence-corrected chi connectivity index (χ3v) is 8.79. The number of benzene rings is 2. The van der Waals surface area contributed by atoms with E-state index in [2.05, 4.69) is 42.3 Å². The molecule has 0 radical (unpaired) electrons. The number of hydrogen-bond donors (Lipinski definition) is 1. The molecule has 8 heteroatoms. The van der Waals surface area contributed by atoms with Crippen LogP contribution in [-0.4, -0.2) is 39.1 Å². The molecule has 0 aliphatic carbocycles. The van der Waals surface area contributed by atoms with Gasteiger partial charge < -0.3 is 19.3 Å². The van der Waals surface area contributed by atoms with E-state index >= 15 is 0 Å². The standard InChI is InChI=1S/C32H32ClN3O4/c1-4-32(39)15-29(37)40-18-24-25(32)13-28-30-23(17-36(28)31(24)38)21(22-12-19(2)26(33)14-27(22)34-30)10-11-35(3)16-20-8-6-5-7-9-20/h5-9,12-14,39H,4,10-11,15-18H2,1-3H3. The molecule has 0 saturated carbocycles. The summed E-state index contributed by atoms with van der Waals surface area (Å²) in [6.07, 6.45) is 0.861. The molecule has 1 N–H and O–H groups in total. The van der Waals surface area contributed by atoms with Gasteiger partial charge in [0.1, 0.15) is 12.2 Å². The first-order chi connectivity index (χ1) is 19.2. The van der Waals surface area contributed by atoms with Crippen molar-refractivity contribution in [2.24, 2.45) is 0 Å². The monoisotopic (exact) mass is 557 g/mol. The fraction of sp³-hybridized carbons (Fsp3) is 0.344. The molecule has 7 nitrogen and oxygen atoms in total. The molecule has 0 amide bonds. The number of aryl methyl sites for hydroxylation is 1. The topological polar surface area (TPSA) is 84.7 Å². The van der Waals surface area contributed by atoms with Gasteiger partial charge in [0.25, 0.3) is 5.56 Å². The highest BCUT2D eigenvalue weighted by molar-refractivity contribution is 6.32. The number of fused-ring (bicyclic) bond motifs is 5. The summed E-state index contributed by atoms with van der Waals surface area (Å²) < 4.78 is 7.03. The van der Waals surface area contributed by atoms with E-state index < -0.39 is 11.6 Å². The highest BCUT2D eigenvalue weighted by Gasteiger charge is 2.39. The van der Waals surface area contributed by atoms with E-state index in [1.807, 2.05) is 25.1 Å². The number of pyridine rings is 2. The van der Waals surface area contributed by atoms with Gasteiger partial charge in [-0.05, 0) is 67.3 Å². The van der Waals surface area contributed by atoms with Crippen LogP contribution >= 0.6 is 11.6 Å². The van der Waals surface area contributed by atoms with E-state index in [0.717, 1.165) is 52.8 Å². The van der Waals surface area contributed by atoms with Gasteiger partial charge in [-0.25, -0.2) is 4.98 Å². The lowest BCUT2D eigenvalue weighted by Gasteiger charge is -2.26. The van der Waals surface area contributed by atoms with Crippen LogP contribution in [-0.2, 0) is 41.2 Å². The summed E-state index contributed by atoms with van der Waals surface area (Å²) >= 11 is 6.53. The number of carbonyl (C=O) groups excluding carboxylic acids is 1. The van der Waals surface area contributed by atoms with E-state index in [-0.39, 0.29) is 25.0 Å². The van der Waals surface area contributed by atoms with Gasteiger partial charge in [0.05, 0.1) is 35.4 Å². The largest absolute Gasteiger partial charge is 0.460 e. The number of nitrogens with zero attached hydrogens (tertiary/aromatic N) is 3. The Hall–Kier alpha value is -3.52. The fourth-order valence-corrected chi connectivity index (χ4v) is 6.21. The number of rotatable bonds is 6. The Labute approximate surface area is 238 Å². The van der Waals surface area contributed by atoms with Crippen molar-refractivity contribution >= 4 is 28.5 Å². The van der Waals surface area contributed by atoms with Crippen LogP contribution in [0.25, 0.3) is 22.3 Å². The molecule has 0 saturated heterocycles. The smallest absolute Gasteiger partial charge is 0.309 e. The average Bonchev–Trinajstić information content (AvgIpc) is 3.24. The lowest BCUT2D eigenvalue weighted by Crippen LogP contribution is -2.32. The molecule has 4 aromatic rings. The molecule has 40 heavy (non-hydrogen) atoms. The zero-order chi connectivity index (χ0) is 28.2. The van der Waals surface area contributed by atoms with Crippen LogP contribution in [0, 0.1) is 6.92 Å². The number of aliphatic hydroxyl groups is 1. The number of likely N-dealkylation sites (N-methyl/N-ethyl adjacent to an activating group) is 1. The Morgan fingerprint density at radius 3 is 2.67 bits per heavy atom. The van der Waals surface area contributed by atoms with Crippen molar-refractivity contribution < 1.29 is 14.6 Å². The zero-order valence-electron chi connectivity index (χ0n) is 23.0. The fourth-order valence-electron chi connectivity index (χ4n) is 6.05. The van der Waals surface area contributed by atoms with Crippen molar-refractivity contribution in [1.82, 2.24) is 14.5 Å². The van der Waals surface area contributed by atoms with Crippen molar-refractivity contribution in [3.8, 4) is 11.4 Å². The minimum absolute atomic E-state index is 0.146. The summed E-state index contributed by atoms with van der Waals surface area (Å²) in [6, 6.07) is 16.2. The number of carbonyl (C=O) groups is 1. The van der Waals surface area contributed by atoms with Crippen molar-refractivity contribution in [2.75, 3.05) is 13.6 Å². The van der Waals surface area contributed by atoms with Crippen LogP contribution in [0.2, 0.25) is 5.02 Å². The van der Waals surface area contributed by atoms with Gasteiger partial charge in [-0.3, -0.25) is 9.59 Å². The Bertz CT molecular complexity index is 1720. The summed E-state index contributed by atoms with van der Waals surface area (Å²) in [5.74, 6) is -0.512. The molecule has 2 aromatic heterocycles. The molecular formula is C32H32ClN3O4. The van der Waals surface area contributed by atoms with Crippen molar-refractivity contribution in [1.29, 1.82) is 0 Å². The second kappa shape index (κ2) is 10.1. The number of hydrogen-bond acceptors (Lipinski definition) is 6.